The first-order valence-corrected chi connectivity index (χ1v) is 8.10. The van der Waals surface area contributed by atoms with Crippen molar-refractivity contribution < 1.29 is 23.4 Å². The maximum absolute atomic E-state index is 12.4. The molecule has 2 rings (SSSR count). The van der Waals surface area contributed by atoms with Gasteiger partial charge in [-0.05, 0) is 50.2 Å². The maximum atomic E-state index is 12.4. The molecule has 0 aromatic heterocycles. The number of aryl methyl sites for hydroxylation is 1. The Morgan fingerprint density at radius 2 is 2.04 bits per heavy atom. The third kappa shape index (κ3) is 4.80. The average Bonchev–Trinajstić information content (AvgIpc) is 2.56. The van der Waals surface area contributed by atoms with E-state index >= 15 is 0 Å². The highest BCUT2D eigenvalue weighted by molar-refractivity contribution is 5.89. The first-order chi connectivity index (χ1) is 11.4. The van der Waals surface area contributed by atoms with Crippen LogP contribution in [0.15, 0.2) is 18.2 Å². The number of rotatable bonds is 5. The van der Waals surface area contributed by atoms with E-state index in [-0.39, 0.29) is 24.4 Å². The van der Waals surface area contributed by atoms with E-state index in [1.807, 2.05) is 0 Å². The number of aliphatic hydroxyl groups is 1. The van der Waals surface area contributed by atoms with Gasteiger partial charge in [-0.15, -0.1) is 0 Å². The number of urea groups is 1. The second-order valence-corrected chi connectivity index (χ2v) is 6.26. The molecule has 1 aliphatic carbocycles. The topological polar surface area (TPSA) is 61.8 Å². The number of carbonyl (C=O) groups is 1. The molecule has 0 bridgehead atoms. The standard InChI is InChI=1S/C17H24F2N2O3/c1-11-3-6-13(9-15(11)24-16(18)19)20-17(23)21(2)14-7-4-12(10-22)5-8-14/h3,6,9,12,14,16,22H,4-5,7-8,10H2,1-2H3,(H,20,23). The summed E-state index contributed by atoms with van der Waals surface area (Å²) in [5.41, 5.74) is 0.987. The van der Waals surface area contributed by atoms with Crippen LogP contribution in [0, 0.1) is 12.8 Å². The molecule has 0 radical (unpaired) electrons. The molecular weight excluding hydrogens is 318 g/mol. The smallest absolute Gasteiger partial charge is 0.387 e. The minimum atomic E-state index is -2.90. The number of anilines is 1. The minimum Gasteiger partial charge on any atom is -0.434 e. The molecule has 5 nitrogen and oxygen atoms in total. The van der Waals surface area contributed by atoms with Crippen LogP contribution in [0.2, 0.25) is 0 Å². The second-order valence-electron chi connectivity index (χ2n) is 6.26. The van der Waals surface area contributed by atoms with Crippen molar-refractivity contribution in [1.29, 1.82) is 0 Å². The van der Waals surface area contributed by atoms with Crippen LogP contribution in [-0.2, 0) is 0 Å². The summed E-state index contributed by atoms with van der Waals surface area (Å²) in [4.78, 5) is 14.0. The highest BCUT2D eigenvalue weighted by atomic mass is 19.3. The van der Waals surface area contributed by atoms with Crippen LogP contribution >= 0.6 is 0 Å². The molecule has 0 aliphatic heterocycles. The number of carbonyl (C=O) groups excluding carboxylic acids is 1. The van der Waals surface area contributed by atoms with Crippen molar-refractivity contribution in [3.05, 3.63) is 23.8 Å². The number of benzene rings is 1. The third-order valence-corrected chi connectivity index (χ3v) is 4.60. The second kappa shape index (κ2) is 8.28. The third-order valence-electron chi connectivity index (χ3n) is 4.60. The minimum absolute atomic E-state index is 0.0499. The van der Waals surface area contributed by atoms with E-state index in [0.717, 1.165) is 25.7 Å². The lowest BCUT2D eigenvalue weighted by atomic mass is 9.86. The Hall–Kier alpha value is -1.89. The molecule has 7 heteroatoms. The molecule has 2 amide bonds. The Kier molecular flexibility index (Phi) is 6.36. The van der Waals surface area contributed by atoms with E-state index in [1.165, 1.54) is 6.07 Å². The van der Waals surface area contributed by atoms with E-state index in [1.54, 1.807) is 31.0 Å². The molecule has 24 heavy (non-hydrogen) atoms. The normalized spacial score (nSPS) is 20.8. The van der Waals surface area contributed by atoms with Gasteiger partial charge < -0.3 is 20.1 Å². The number of halogens is 2. The molecule has 0 spiro atoms. The number of hydrogen-bond donors (Lipinski definition) is 2. The average molecular weight is 342 g/mol. The van der Waals surface area contributed by atoms with Gasteiger partial charge in [0.25, 0.3) is 0 Å². The zero-order valence-electron chi connectivity index (χ0n) is 14.0. The van der Waals surface area contributed by atoms with Crippen molar-refractivity contribution >= 4 is 11.7 Å². The van der Waals surface area contributed by atoms with Gasteiger partial charge in [0.1, 0.15) is 5.75 Å². The summed E-state index contributed by atoms with van der Waals surface area (Å²) in [6.45, 7) is -1.05. The molecule has 1 aromatic carbocycles. The molecule has 0 unspecified atom stereocenters. The highest BCUT2D eigenvalue weighted by Crippen LogP contribution is 2.28. The van der Waals surface area contributed by atoms with Crippen molar-refractivity contribution in [2.45, 2.75) is 45.3 Å². The van der Waals surface area contributed by atoms with E-state index < -0.39 is 6.61 Å². The molecule has 1 aliphatic rings. The van der Waals surface area contributed by atoms with Gasteiger partial charge in [-0.2, -0.15) is 8.78 Å². The number of hydrogen-bond acceptors (Lipinski definition) is 3. The summed E-state index contributed by atoms with van der Waals surface area (Å²) < 4.78 is 29.2. The number of nitrogens with one attached hydrogen (secondary N) is 1. The molecule has 1 fully saturated rings. The Balaban J connectivity index is 1.96. The van der Waals surface area contributed by atoms with E-state index in [0.29, 0.717) is 17.2 Å². The van der Waals surface area contributed by atoms with Crippen molar-refractivity contribution in [3.63, 3.8) is 0 Å². The molecule has 134 valence electrons. The fraction of sp³-hybridized carbons (Fsp3) is 0.588. The summed E-state index contributed by atoms with van der Waals surface area (Å²) in [6, 6.07) is 4.52. The van der Waals surface area contributed by atoms with Gasteiger partial charge in [0.15, 0.2) is 0 Å². The van der Waals surface area contributed by atoms with E-state index in [2.05, 4.69) is 10.1 Å². The zero-order valence-corrected chi connectivity index (χ0v) is 14.0. The van der Waals surface area contributed by atoms with Gasteiger partial charge >= 0.3 is 12.6 Å². The summed E-state index contributed by atoms with van der Waals surface area (Å²) in [7, 11) is 1.73. The first-order valence-electron chi connectivity index (χ1n) is 8.10. The molecular formula is C17H24F2N2O3. The molecule has 0 atom stereocenters. The van der Waals surface area contributed by atoms with Crippen LogP contribution < -0.4 is 10.1 Å². The van der Waals surface area contributed by atoms with Crippen LogP contribution in [0.25, 0.3) is 0 Å². The van der Waals surface area contributed by atoms with Crippen LogP contribution in [0.1, 0.15) is 31.2 Å². The van der Waals surface area contributed by atoms with Gasteiger partial charge in [-0.3, -0.25) is 0 Å². The lowest BCUT2D eigenvalue weighted by Gasteiger charge is -2.34. The summed E-state index contributed by atoms with van der Waals surface area (Å²) >= 11 is 0. The van der Waals surface area contributed by atoms with Gasteiger partial charge in [-0.25, -0.2) is 4.79 Å². The SMILES string of the molecule is Cc1ccc(NC(=O)N(C)C2CCC(CO)CC2)cc1OC(F)F. The van der Waals surface area contributed by atoms with Crippen LogP contribution in [0.4, 0.5) is 19.3 Å². The quantitative estimate of drug-likeness (QED) is 0.859. The Morgan fingerprint density at radius 3 is 2.62 bits per heavy atom. The Labute approximate surface area is 140 Å². The summed E-state index contributed by atoms with van der Waals surface area (Å²) in [5, 5.41) is 11.9. The number of nitrogens with zero attached hydrogens (tertiary/aromatic N) is 1. The lowest BCUT2D eigenvalue weighted by Crippen LogP contribution is -2.42. The van der Waals surface area contributed by atoms with Crippen LogP contribution in [0.3, 0.4) is 0 Å². The van der Waals surface area contributed by atoms with E-state index in [4.69, 9.17) is 0 Å². The predicted octanol–water partition coefficient (Wildman–Crippen LogP) is 3.61. The number of aliphatic hydroxyl groups excluding tert-OH is 1. The molecule has 0 saturated heterocycles. The molecule has 1 saturated carbocycles. The number of alkyl halides is 2. The van der Waals surface area contributed by atoms with E-state index in [9.17, 15) is 18.7 Å². The Morgan fingerprint density at radius 1 is 1.38 bits per heavy atom. The maximum Gasteiger partial charge on any atom is 0.387 e. The summed E-state index contributed by atoms with van der Waals surface area (Å²) in [6.07, 6.45) is 3.50. The highest BCUT2D eigenvalue weighted by Gasteiger charge is 2.26. The van der Waals surface area contributed by atoms with Crippen molar-refractivity contribution in [1.82, 2.24) is 4.90 Å². The molecule has 1 aromatic rings. The van der Waals surface area contributed by atoms with Gasteiger partial charge in [-0.1, -0.05) is 6.07 Å². The molecule has 2 N–H and O–H groups in total. The lowest BCUT2D eigenvalue weighted by molar-refractivity contribution is -0.0502. The molecule has 0 heterocycles. The van der Waals surface area contributed by atoms with Crippen molar-refractivity contribution in [3.8, 4) is 5.75 Å². The van der Waals surface area contributed by atoms with Crippen LogP contribution in [-0.4, -0.2) is 42.3 Å². The first kappa shape index (κ1) is 18.4. The van der Waals surface area contributed by atoms with Gasteiger partial charge in [0, 0.05) is 31.5 Å². The van der Waals surface area contributed by atoms with Crippen LogP contribution in [0.5, 0.6) is 5.75 Å². The fourth-order valence-electron chi connectivity index (χ4n) is 2.99. The Bertz CT molecular complexity index is 561. The van der Waals surface area contributed by atoms with Gasteiger partial charge in [0.2, 0.25) is 0 Å². The zero-order chi connectivity index (χ0) is 17.7. The largest absolute Gasteiger partial charge is 0.434 e. The predicted molar refractivity (Wildman–Crippen MR) is 87.4 cm³/mol. The number of ether oxygens (including phenoxy) is 1. The van der Waals surface area contributed by atoms with Crippen molar-refractivity contribution in [2.24, 2.45) is 5.92 Å². The monoisotopic (exact) mass is 342 g/mol. The summed E-state index contributed by atoms with van der Waals surface area (Å²) in [5.74, 6) is 0.373. The van der Waals surface area contributed by atoms with Crippen molar-refractivity contribution in [2.75, 3.05) is 19.0 Å². The van der Waals surface area contributed by atoms with Gasteiger partial charge in [0.05, 0.1) is 0 Å². The number of amides is 2. The fourth-order valence-corrected chi connectivity index (χ4v) is 2.99.